The fourth-order valence-electron chi connectivity index (χ4n) is 4.44. The Bertz CT molecular complexity index is 1680. The van der Waals surface area contributed by atoms with Gasteiger partial charge in [-0.2, -0.15) is 0 Å². The number of fused-ring (bicyclic) bond motifs is 1. The minimum absolute atomic E-state index is 0.191. The second-order valence-corrected chi connectivity index (χ2v) is 9.55. The molecule has 0 saturated carbocycles. The highest BCUT2D eigenvalue weighted by Crippen LogP contribution is 2.39. The Morgan fingerprint density at radius 2 is 1.57 bits per heavy atom. The number of allylic oxidation sites excluding steroid dienone is 1. The van der Waals surface area contributed by atoms with Crippen LogP contribution in [0.15, 0.2) is 51.4 Å². The molecule has 2 heterocycles. The van der Waals surface area contributed by atoms with E-state index in [1.165, 1.54) is 58.4 Å². The molecular weight excluding hydrogens is 540 g/mol. The number of aromatic nitrogens is 1. The Kier molecular flexibility index (Phi) is 8.29. The van der Waals surface area contributed by atoms with E-state index in [2.05, 4.69) is 4.99 Å². The number of methoxy groups -OCH3 is 5. The predicted octanol–water partition coefficient (Wildman–Crippen LogP) is 2.37. The number of ether oxygens (including phenoxy) is 6. The molecular formula is C28H28N2O9S. The summed E-state index contributed by atoms with van der Waals surface area (Å²) in [6.07, 6.45) is 1.69. The van der Waals surface area contributed by atoms with Crippen LogP contribution in [0.25, 0.3) is 6.08 Å². The average molecular weight is 569 g/mol. The highest BCUT2D eigenvalue weighted by molar-refractivity contribution is 7.07. The fourth-order valence-corrected chi connectivity index (χ4v) is 5.48. The zero-order chi connectivity index (χ0) is 29.1. The summed E-state index contributed by atoms with van der Waals surface area (Å²) in [5.74, 6) is 0.600. The van der Waals surface area contributed by atoms with Gasteiger partial charge in [0.05, 0.1) is 57.4 Å². The van der Waals surface area contributed by atoms with E-state index >= 15 is 0 Å². The van der Waals surface area contributed by atoms with Crippen LogP contribution in [0.2, 0.25) is 0 Å². The fraction of sp³-hybridized carbons (Fsp3) is 0.286. The maximum Gasteiger partial charge on any atom is 0.338 e. The average Bonchev–Trinajstić information content (AvgIpc) is 3.24. The van der Waals surface area contributed by atoms with Crippen LogP contribution in [0, 0.1) is 0 Å². The topological polar surface area (TPSA) is 124 Å². The van der Waals surface area contributed by atoms with Gasteiger partial charge in [0.25, 0.3) is 5.56 Å². The molecule has 11 nitrogen and oxygen atoms in total. The zero-order valence-electron chi connectivity index (χ0n) is 23.0. The van der Waals surface area contributed by atoms with E-state index in [1.54, 1.807) is 43.3 Å². The van der Waals surface area contributed by atoms with E-state index in [0.717, 1.165) is 0 Å². The number of nitrogens with zero attached hydrogens (tertiary/aromatic N) is 2. The molecule has 1 atom stereocenters. The molecule has 0 spiro atoms. The molecule has 0 aliphatic carbocycles. The van der Waals surface area contributed by atoms with Gasteiger partial charge in [0, 0.05) is 6.92 Å². The van der Waals surface area contributed by atoms with Gasteiger partial charge in [-0.15, -0.1) is 0 Å². The number of hydrogen-bond donors (Lipinski definition) is 0. The third-order valence-electron chi connectivity index (χ3n) is 6.17. The van der Waals surface area contributed by atoms with Gasteiger partial charge >= 0.3 is 11.9 Å². The minimum atomic E-state index is -0.883. The molecule has 2 aromatic carbocycles. The highest BCUT2D eigenvalue weighted by atomic mass is 32.1. The largest absolute Gasteiger partial charge is 0.493 e. The van der Waals surface area contributed by atoms with E-state index < -0.39 is 18.0 Å². The van der Waals surface area contributed by atoms with Crippen LogP contribution in [0.3, 0.4) is 0 Å². The molecule has 0 radical (unpaired) electrons. The number of benzene rings is 2. The molecule has 1 aliphatic rings. The Hall–Kier alpha value is -4.58. The SMILES string of the molecule is COC(=O)C1=C(C)N=c2s/c(=C\c3cc(OC)c(OC)c(OC)c3)c(=O)n2C1c1ccc(OC(C)=O)c(OC)c1. The van der Waals surface area contributed by atoms with Crippen molar-refractivity contribution in [3.63, 3.8) is 0 Å². The van der Waals surface area contributed by atoms with Gasteiger partial charge in [-0.1, -0.05) is 17.4 Å². The van der Waals surface area contributed by atoms with Crippen LogP contribution in [0.5, 0.6) is 28.7 Å². The van der Waals surface area contributed by atoms with Crippen LogP contribution in [-0.4, -0.2) is 52.1 Å². The standard InChI is InChI=1S/C28H28N2O9S/c1-14-23(27(33)38-7)24(17-8-9-18(39-15(2)31)19(13-17)34-3)30-26(32)22(40-28(30)29-14)12-16-10-20(35-4)25(37-6)21(11-16)36-5/h8-13,24H,1-7H3/b22-12-. The molecule has 12 heteroatoms. The van der Waals surface area contributed by atoms with Crippen LogP contribution in [-0.2, 0) is 14.3 Å². The van der Waals surface area contributed by atoms with E-state index in [-0.39, 0.29) is 22.6 Å². The Morgan fingerprint density at radius 1 is 0.925 bits per heavy atom. The van der Waals surface area contributed by atoms with E-state index in [1.807, 2.05) is 0 Å². The number of esters is 2. The second-order valence-electron chi connectivity index (χ2n) is 8.54. The maximum atomic E-state index is 13.9. The van der Waals surface area contributed by atoms with Gasteiger partial charge in [0.1, 0.15) is 0 Å². The number of carbonyl (C=O) groups is 2. The van der Waals surface area contributed by atoms with Crippen molar-refractivity contribution in [1.29, 1.82) is 0 Å². The van der Waals surface area contributed by atoms with Crippen molar-refractivity contribution in [1.82, 2.24) is 4.57 Å². The molecule has 1 aliphatic heterocycles. The lowest BCUT2D eigenvalue weighted by molar-refractivity contribution is -0.136. The molecule has 40 heavy (non-hydrogen) atoms. The summed E-state index contributed by atoms with van der Waals surface area (Å²) in [5, 5.41) is 0. The van der Waals surface area contributed by atoms with E-state index in [4.69, 9.17) is 28.4 Å². The van der Waals surface area contributed by atoms with E-state index in [0.29, 0.717) is 43.4 Å². The monoisotopic (exact) mass is 568 g/mol. The van der Waals surface area contributed by atoms with Crippen molar-refractivity contribution in [2.24, 2.45) is 4.99 Å². The third-order valence-corrected chi connectivity index (χ3v) is 7.15. The molecule has 210 valence electrons. The van der Waals surface area contributed by atoms with Crippen LogP contribution < -0.4 is 38.6 Å². The van der Waals surface area contributed by atoms with Crippen molar-refractivity contribution in [2.45, 2.75) is 19.9 Å². The first-order valence-electron chi connectivity index (χ1n) is 11.9. The van der Waals surface area contributed by atoms with Gasteiger partial charge in [0.2, 0.25) is 5.75 Å². The molecule has 0 saturated heterocycles. The van der Waals surface area contributed by atoms with E-state index in [9.17, 15) is 14.4 Å². The molecule has 4 rings (SSSR count). The first kappa shape index (κ1) is 28.4. The predicted molar refractivity (Wildman–Crippen MR) is 146 cm³/mol. The lowest BCUT2D eigenvalue weighted by Gasteiger charge is -2.25. The van der Waals surface area contributed by atoms with Gasteiger partial charge in [-0.3, -0.25) is 14.2 Å². The van der Waals surface area contributed by atoms with Gasteiger partial charge in [-0.25, -0.2) is 9.79 Å². The van der Waals surface area contributed by atoms with Crippen molar-refractivity contribution in [2.75, 3.05) is 35.5 Å². The van der Waals surface area contributed by atoms with Crippen molar-refractivity contribution < 1.29 is 38.0 Å². The number of thiazole rings is 1. The Balaban J connectivity index is 1.96. The second kappa shape index (κ2) is 11.7. The minimum Gasteiger partial charge on any atom is -0.493 e. The van der Waals surface area contributed by atoms with Gasteiger partial charge in [0.15, 0.2) is 27.8 Å². The molecule has 1 unspecified atom stereocenters. The number of rotatable bonds is 8. The lowest BCUT2D eigenvalue weighted by Crippen LogP contribution is -2.39. The van der Waals surface area contributed by atoms with Gasteiger partial charge in [-0.05, 0) is 48.4 Å². The van der Waals surface area contributed by atoms with Crippen LogP contribution in [0.1, 0.15) is 31.0 Å². The quantitative estimate of drug-likeness (QED) is 0.298. The Labute approximate surface area is 233 Å². The summed E-state index contributed by atoms with van der Waals surface area (Å²) in [5.41, 5.74) is 1.38. The van der Waals surface area contributed by atoms with Crippen LogP contribution >= 0.6 is 11.3 Å². The van der Waals surface area contributed by atoms with Gasteiger partial charge < -0.3 is 28.4 Å². The smallest absolute Gasteiger partial charge is 0.338 e. The number of carbonyl (C=O) groups excluding carboxylic acids is 2. The summed E-state index contributed by atoms with van der Waals surface area (Å²) >= 11 is 1.17. The molecule has 0 bridgehead atoms. The lowest BCUT2D eigenvalue weighted by atomic mass is 9.95. The zero-order valence-corrected chi connectivity index (χ0v) is 23.8. The number of hydrogen-bond acceptors (Lipinski definition) is 11. The van der Waals surface area contributed by atoms with Crippen molar-refractivity contribution >= 4 is 29.4 Å². The van der Waals surface area contributed by atoms with Crippen molar-refractivity contribution in [3.05, 3.63) is 72.4 Å². The molecule has 1 aromatic heterocycles. The van der Waals surface area contributed by atoms with Crippen molar-refractivity contribution in [3.8, 4) is 28.7 Å². The summed E-state index contributed by atoms with van der Waals surface area (Å²) in [6, 6.07) is 7.38. The Morgan fingerprint density at radius 3 is 2.12 bits per heavy atom. The molecule has 3 aromatic rings. The summed E-state index contributed by atoms with van der Waals surface area (Å²) < 4.78 is 33.8. The molecule has 0 amide bonds. The maximum absolute atomic E-state index is 13.9. The first-order valence-corrected chi connectivity index (χ1v) is 12.8. The van der Waals surface area contributed by atoms with Crippen LogP contribution in [0.4, 0.5) is 0 Å². The third kappa shape index (κ3) is 5.17. The highest BCUT2D eigenvalue weighted by Gasteiger charge is 2.33. The molecule has 0 N–H and O–H groups in total. The molecule has 0 fully saturated rings. The normalized spacial score (nSPS) is 14.7. The first-order chi connectivity index (χ1) is 19.2. The summed E-state index contributed by atoms with van der Waals surface area (Å²) in [4.78, 5) is 43.3. The summed E-state index contributed by atoms with van der Waals surface area (Å²) in [6.45, 7) is 2.96. The summed E-state index contributed by atoms with van der Waals surface area (Å²) in [7, 11) is 7.21.